The number of hydrogen-bond acceptors (Lipinski definition) is 8. The highest BCUT2D eigenvalue weighted by Gasteiger charge is 2.36. The highest BCUT2D eigenvalue weighted by molar-refractivity contribution is 7.70. The molecule has 3 N–H and O–H groups in total. The van der Waals surface area contributed by atoms with E-state index < -0.39 is 30.3 Å². The van der Waals surface area contributed by atoms with Gasteiger partial charge in [-0.15, -0.1) is 0 Å². The van der Waals surface area contributed by atoms with Gasteiger partial charge < -0.3 is 29.8 Å². The third kappa shape index (κ3) is 5.87. The molecule has 0 fully saturated rings. The Labute approximate surface area is 211 Å². The van der Waals surface area contributed by atoms with Gasteiger partial charge in [-0.05, 0) is 44.1 Å². The van der Waals surface area contributed by atoms with Crippen molar-refractivity contribution in [3.8, 4) is 0 Å². The van der Waals surface area contributed by atoms with Crippen molar-refractivity contribution < 1.29 is 22.8 Å². The summed E-state index contributed by atoms with van der Waals surface area (Å²) in [5, 5.41) is 15.3. The molecule has 198 valence electrons. The summed E-state index contributed by atoms with van der Waals surface area (Å²) >= 11 is 0. The number of halogens is 3. The van der Waals surface area contributed by atoms with Crippen LogP contribution in [0.15, 0.2) is 41.3 Å². The first-order valence-electron chi connectivity index (χ1n) is 11.6. The normalized spacial score (nSPS) is 14.4. The van der Waals surface area contributed by atoms with Crippen LogP contribution in [-0.4, -0.2) is 58.1 Å². The minimum Gasteiger partial charge on any atom is -0.395 e. The molecule has 3 aromatic rings. The quantitative estimate of drug-likeness (QED) is 0.394. The Balaban J connectivity index is 1.77. The average molecular weight is 536 g/mol. The number of rotatable bonds is 7. The maximum atomic E-state index is 13.8. The Morgan fingerprint density at radius 2 is 1.89 bits per heavy atom. The van der Waals surface area contributed by atoms with E-state index in [4.69, 9.17) is 0 Å². The molecule has 37 heavy (non-hydrogen) atoms. The van der Waals surface area contributed by atoms with Crippen LogP contribution < -0.4 is 21.5 Å². The van der Waals surface area contributed by atoms with Crippen LogP contribution in [0.25, 0.3) is 0 Å². The Morgan fingerprint density at radius 1 is 1.16 bits per heavy atom. The van der Waals surface area contributed by atoms with Gasteiger partial charge in [0, 0.05) is 43.3 Å². The highest BCUT2D eigenvalue weighted by atomic mass is 31.2. The smallest absolute Gasteiger partial charge is 0.395 e. The summed E-state index contributed by atoms with van der Waals surface area (Å²) in [7, 11) is -0.879. The summed E-state index contributed by atoms with van der Waals surface area (Å²) in [6.07, 6.45) is -3.50. The molecule has 0 unspecified atom stereocenters. The number of aliphatic hydroxyl groups is 1. The molecule has 0 aliphatic carbocycles. The van der Waals surface area contributed by atoms with Crippen LogP contribution in [0.3, 0.4) is 0 Å². The first-order valence-corrected chi connectivity index (χ1v) is 14.2. The monoisotopic (exact) mass is 536 g/mol. The number of likely N-dealkylation sites (N-methyl/N-ethyl adjacent to an activating group) is 1. The molecule has 1 aliphatic heterocycles. The van der Waals surface area contributed by atoms with Crippen LogP contribution >= 0.6 is 7.14 Å². The zero-order valence-electron chi connectivity index (χ0n) is 20.6. The summed E-state index contributed by atoms with van der Waals surface area (Å²) in [5.74, 6) is -0.764. The van der Waals surface area contributed by atoms with Crippen LogP contribution in [-0.2, 0) is 30.3 Å². The minimum atomic E-state index is -4.76. The highest BCUT2D eigenvalue weighted by Crippen LogP contribution is 2.40. The number of aliphatic hydroxyl groups excluding tert-OH is 1. The van der Waals surface area contributed by atoms with Gasteiger partial charge >= 0.3 is 6.18 Å². The fourth-order valence-electron chi connectivity index (χ4n) is 4.33. The number of aromatic nitrogens is 3. The van der Waals surface area contributed by atoms with Gasteiger partial charge in [0.25, 0.3) is 5.56 Å². The van der Waals surface area contributed by atoms with E-state index in [1.807, 2.05) is 7.05 Å². The predicted molar refractivity (Wildman–Crippen MR) is 137 cm³/mol. The van der Waals surface area contributed by atoms with E-state index in [1.165, 1.54) is 24.0 Å². The molecular weight excluding hydrogens is 508 g/mol. The number of para-hydroxylation sites is 1. The summed E-state index contributed by atoms with van der Waals surface area (Å²) in [6, 6.07) is 8.03. The van der Waals surface area contributed by atoms with Crippen LogP contribution in [0.4, 0.5) is 36.3 Å². The maximum Gasteiger partial charge on any atom is 0.421 e. The first kappa shape index (κ1) is 26.8. The number of anilines is 4. The van der Waals surface area contributed by atoms with Crippen molar-refractivity contribution in [3.63, 3.8) is 0 Å². The van der Waals surface area contributed by atoms with E-state index in [0.717, 1.165) is 17.8 Å². The van der Waals surface area contributed by atoms with Gasteiger partial charge in [0.2, 0.25) is 5.95 Å². The molecule has 13 heteroatoms. The summed E-state index contributed by atoms with van der Waals surface area (Å²) in [4.78, 5) is 23.1. The first-order chi connectivity index (χ1) is 17.4. The Bertz CT molecular complexity index is 1420. The number of fused-ring (bicyclic) bond motifs is 1. The molecule has 1 aliphatic rings. The van der Waals surface area contributed by atoms with Crippen molar-refractivity contribution in [1.82, 2.24) is 19.4 Å². The molecule has 1 aromatic carbocycles. The minimum absolute atomic E-state index is 0.0835. The van der Waals surface area contributed by atoms with Gasteiger partial charge in [-0.2, -0.15) is 18.2 Å². The SMILES string of the molecule is CN1CCc2c(cc(Nc3ncc(C(F)(F)F)c(Nc4ccccc4P(C)(C)=O)n3)c(=O)n2CCO)C1. The molecule has 0 radical (unpaired) electrons. The van der Waals surface area contributed by atoms with Crippen molar-refractivity contribution in [2.24, 2.45) is 0 Å². The Hall–Kier alpha value is -3.21. The van der Waals surface area contributed by atoms with E-state index >= 15 is 0 Å². The van der Waals surface area contributed by atoms with Crippen molar-refractivity contribution in [2.75, 3.05) is 44.2 Å². The molecule has 0 spiro atoms. The van der Waals surface area contributed by atoms with E-state index in [-0.39, 0.29) is 30.5 Å². The third-order valence-corrected chi connectivity index (χ3v) is 7.61. The lowest BCUT2D eigenvalue weighted by Gasteiger charge is -2.28. The van der Waals surface area contributed by atoms with Gasteiger partial charge in [0.15, 0.2) is 0 Å². The molecule has 3 heterocycles. The molecule has 4 rings (SSSR count). The van der Waals surface area contributed by atoms with Gasteiger partial charge in [0.05, 0.1) is 12.3 Å². The third-order valence-electron chi connectivity index (χ3n) is 6.06. The summed E-state index contributed by atoms with van der Waals surface area (Å²) in [5.41, 5.74) is 0.454. The maximum absolute atomic E-state index is 13.8. The van der Waals surface area contributed by atoms with Crippen molar-refractivity contribution >= 4 is 35.6 Å². The van der Waals surface area contributed by atoms with Gasteiger partial charge in [-0.1, -0.05) is 12.1 Å². The fraction of sp³-hybridized carbons (Fsp3) is 0.375. The molecule has 9 nitrogen and oxygen atoms in total. The summed E-state index contributed by atoms with van der Waals surface area (Å²) < 4.78 is 55.6. The van der Waals surface area contributed by atoms with Crippen molar-refractivity contribution in [1.29, 1.82) is 0 Å². The van der Waals surface area contributed by atoms with Crippen LogP contribution in [0.5, 0.6) is 0 Å². The lowest BCUT2D eigenvalue weighted by atomic mass is 10.0. The second kappa shape index (κ2) is 10.3. The number of alkyl halides is 3. The number of nitrogens with one attached hydrogen (secondary N) is 2. The average Bonchev–Trinajstić information content (AvgIpc) is 2.81. The van der Waals surface area contributed by atoms with Crippen LogP contribution in [0.1, 0.15) is 16.8 Å². The van der Waals surface area contributed by atoms with E-state index in [2.05, 4.69) is 25.5 Å². The largest absolute Gasteiger partial charge is 0.421 e. The number of pyridine rings is 1. The van der Waals surface area contributed by atoms with Crippen molar-refractivity contribution in [3.05, 3.63) is 63.7 Å². The molecule has 0 amide bonds. The zero-order chi connectivity index (χ0) is 27.0. The standard InChI is InChI=1S/C24H28F3N6O3P/c1-32-9-8-19-15(14-32)12-18(22(35)33(19)10-11-34)30-23-28-13-16(24(25,26)27)21(31-23)29-17-6-4-5-7-20(17)37(2,3)36/h4-7,12-13,34H,8-11,14H2,1-3H3,(H2,28,29,30,31). The van der Waals surface area contributed by atoms with Gasteiger partial charge in [-0.25, -0.2) is 4.98 Å². The zero-order valence-corrected chi connectivity index (χ0v) is 21.5. The molecule has 0 saturated heterocycles. The fourth-order valence-corrected chi connectivity index (χ4v) is 5.48. The number of benzene rings is 1. The number of hydrogen-bond donors (Lipinski definition) is 3. The number of nitrogens with zero attached hydrogens (tertiary/aromatic N) is 4. The molecule has 2 aromatic heterocycles. The Kier molecular flexibility index (Phi) is 7.45. The predicted octanol–water partition coefficient (Wildman–Crippen LogP) is 3.37. The molecule has 0 saturated carbocycles. The Morgan fingerprint density at radius 3 is 2.57 bits per heavy atom. The lowest BCUT2D eigenvalue weighted by Crippen LogP contribution is -2.35. The molecule has 0 atom stereocenters. The summed E-state index contributed by atoms with van der Waals surface area (Å²) in [6.45, 7) is 4.22. The van der Waals surface area contributed by atoms with E-state index in [0.29, 0.717) is 24.5 Å². The van der Waals surface area contributed by atoms with E-state index in [1.54, 1.807) is 24.3 Å². The topological polar surface area (TPSA) is 112 Å². The van der Waals surface area contributed by atoms with Crippen LogP contribution in [0, 0.1) is 0 Å². The molecular formula is C24H28F3N6O3P. The second-order valence-corrected chi connectivity index (χ2v) is 12.5. The van der Waals surface area contributed by atoms with Crippen molar-refractivity contribution in [2.45, 2.75) is 25.7 Å². The second-order valence-electron chi connectivity index (χ2n) is 9.27. The van der Waals surface area contributed by atoms with E-state index in [9.17, 15) is 27.6 Å². The lowest BCUT2D eigenvalue weighted by molar-refractivity contribution is -0.137. The van der Waals surface area contributed by atoms with Gasteiger partial charge in [-0.3, -0.25) is 4.79 Å². The van der Waals surface area contributed by atoms with Gasteiger partial charge in [0.1, 0.15) is 24.2 Å². The van der Waals surface area contributed by atoms with Crippen LogP contribution in [0.2, 0.25) is 0 Å². The molecule has 0 bridgehead atoms.